The zero-order valence-corrected chi connectivity index (χ0v) is 16.3. The van der Waals surface area contributed by atoms with E-state index in [1.54, 1.807) is 6.07 Å². The fraction of sp³-hybridized carbons (Fsp3) is 0.579. The molecule has 8 heteroatoms. The largest absolute Gasteiger partial charge is 0.452 e. The number of anilines is 1. The van der Waals surface area contributed by atoms with E-state index in [1.165, 1.54) is 12.1 Å². The van der Waals surface area contributed by atoms with E-state index in [0.717, 1.165) is 25.9 Å². The van der Waals surface area contributed by atoms with Crippen LogP contribution in [0.3, 0.4) is 0 Å². The molecule has 0 unspecified atom stereocenters. The summed E-state index contributed by atoms with van der Waals surface area (Å²) in [6.45, 7) is 8.74. The maximum absolute atomic E-state index is 12.6. The Morgan fingerprint density at radius 3 is 2.48 bits per heavy atom. The number of nitrogens with zero attached hydrogens (tertiary/aromatic N) is 2. The Hall–Kier alpha value is -2.64. The third-order valence-electron chi connectivity index (χ3n) is 4.38. The SMILES string of the molecule is CC1CCN(c2ccc([N+](=O)[O-])cc2C(=O)OCC(=O)NC(C)(C)C)CC1. The number of amides is 1. The van der Waals surface area contributed by atoms with Crippen molar-refractivity contribution in [3.05, 3.63) is 33.9 Å². The monoisotopic (exact) mass is 377 g/mol. The Balaban J connectivity index is 2.18. The standard InChI is InChI=1S/C19H27N3O5/c1-13-7-9-21(10-8-13)16-6-5-14(22(25)26)11-15(16)18(24)27-12-17(23)20-19(2,3)4/h5-6,11,13H,7-10,12H2,1-4H3,(H,20,23). The summed E-state index contributed by atoms with van der Waals surface area (Å²) >= 11 is 0. The van der Waals surface area contributed by atoms with Gasteiger partial charge in [0.15, 0.2) is 6.61 Å². The van der Waals surface area contributed by atoms with Crippen LogP contribution in [-0.4, -0.2) is 42.0 Å². The van der Waals surface area contributed by atoms with E-state index in [4.69, 9.17) is 4.74 Å². The van der Waals surface area contributed by atoms with Crippen molar-refractivity contribution in [2.75, 3.05) is 24.6 Å². The molecular weight excluding hydrogens is 350 g/mol. The van der Waals surface area contributed by atoms with Crippen LogP contribution in [0.5, 0.6) is 0 Å². The Labute approximate surface area is 159 Å². The lowest BCUT2D eigenvalue weighted by Crippen LogP contribution is -2.42. The quantitative estimate of drug-likeness (QED) is 0.481. The number of nitro groups is 1. The minimum absolute atomic E-state index is 0.113. The summed E-state index contributed by atoms with van der Waals surface area (Å²) in [5.74, 6) is -0.554. The lowest BCUT2D eigenvalue weighted by atomic mass is 9.98. The third-order valence-corrected chi connectivity index (χ3v) is 4.38. The number of non-ortho nitro benzene ring substituents is 1. The molecule has 1 saturated heterocycles. The van der Waals surface area contributed by atoms with Gasteiger partial charge in [-0.25, -0.2) is 4.79 Å². The van der Waals surface area contributed by atoms with Gasteiger partial charge in [0.25, 0.3) is 11.6 Å². The Kier molecular flexibility index (Phi) is 6.41. The van der Waals surface area contributed by atoms with Gasteiger partial charge in [-0.2, -0.15) is 0 Å². The maximum atomic E-state index is 12.6. The van der Waals surface area contributed by atoms with E-state index in [0.29, 0.717) is 11.6 Å². The molecule has 1 fully saturated rings. The van der Waals surface area contributed by atoms with Crippen LogP contribution in [0, 0.1) is 16.0 Å². The topological polar surface area (TPSA) is 102 Å². The van der Waals surface area contributed by atoms with Crippen LogP contribution in [0.4, 0.5) is 11.4 Å². The van der Waals surface area contributed by atoms with Crippen molar-refractivity contribution in [2.45, 2.75) is 46.1 Å². The summed E-state index contributed by atoms with van der Waals surface area (Å²) in [7, 11) is 0. The minimum Gasteiger partial charge on any atom is -0.452 e. The van der Waals surface area contributed by atoms with Crippen LogP contribution < -0.4 is 10.2 Å². The first-order valence-electron chi connectivity index (χ1n) is 9.08. The van der Waals surface area contributed by atoms with Crippen LogP contribution >= 0.6 is 0 Å². The number of benzene rings is 1. The summed E-state index contributed by atoms with van der Waals surface area (Å²) in [6, 6.07) is 4.19. The van der Waals surface area contributed by atoms with E-state index in [9.17, 15) is 19.7 Å². The zero-order valence-electron chi connectivity index (χ0n) is 16.3. The van der Waals surface area contributed by atoms with Crippen molar-refractivity contribution in [1.29, 1.82) is 0 Å². The summed E-state index contributed by atoms with van der Waals surface area (Å²) < 4.78 is 5.12. The van der Waals surface area contributed by atoms with Crippen molar-refractivity contribution in [3.63, 3.8) is 0 Å². The molecule has 0 spiro atoms. The van der Waals surface area contributed by atoms with Gasteiger partial charge in [0.2, 0.25) is 0 Å². The first-order valence-corrected chi connectivity index (χ1v) is 9.08. The van der Waals surface area contributed by atoms with E-state index in [-0.39, 0.29) is 11.3 Å². The summed E-state index contributed by atoms with van der Waals surface area (Å²) in [4.78, 5) is 37.0. The van der Waals surface area contributed by atoms with Crippen LogP contribution in [0.15, 0.2) is 18.2 Å². The molecule has 1 aromatic carbocycles. The molecule has 148 valence electrons. The van der Waals surface area contributed by atoms with E-state index in [2.05, 4.69) is 12.2 Å². The van der Waals surface area contributed by atoms with Gasteiger partial charge in [-0.1, -0.05) is 6.92 Å². The number of ether oxygens (including phenoxy) is 1. The van der Waals surface area contributed by atoms with Crippen LogP contribution in [0.2, 0.25) is 0 Å². The van der Waals surface area contributed by atoms with Crippen molar-refractivity contribution >= 4 is 23.3 Å². The molecule has 0 aliphatic carbocycles. The second-order valence-corrected chi connectivity index (χ2v) is 8.00. The highest BCUT2D eigenvalue weighted by Gasteiger charge is 2.25. The average Bonchev–Trinajstić information content (AvgIpc) is 2.58. The number of piperidine rings is 1. The molecule has 1 heterocycles. The predicted octanol–water partition coefficient (Wildman–Crippen LogP) is 2.90. The first kappa shape index (κ1) is 20.7. The second kappa shape index (κ2) is 8.37. The van der Waals surface area contributed by atoms with Gasteiger partial charge < -0.3 is 15.0 Å². The van der Waals surface area contributed by atoms with Crippen LogP contribution in [0.1, 0.15) is 50.9 Å². The molecular formula is C19H27N3O5. The number of nitrogens with one attached hydrogen (secondary N) is 1. The van der Waals surface area contributed by atoms with Gasteiger partial charge in [0.05, 0.1) is 16.2 Å². The first-order chi connectivity index (χ1) is 12.6. The summed E-state index contributed by atoms with van der Waals surface area (Å²) in [5, 5.41) is 13.8. The number of carbonyl (C=O) groups excluding carboxylic acids is 2. The van der Waals surface area contributed by atoms with Crippen molar-refractivity contribution in [2.24, 2.45) is 5.92 Å². The zero-order chi connectivity index (χ0) is 20.2. The molecule has 0 atom stereocenters. The highest BCUT2D eigenvalue weighted by atomic mass is 16.6. The number of hydrogen-bond donors (Lipinski definition) is 1. The van der Waals surface area contributed by atoms with E-state index >= 15 is 0 Å². The average molecular weight is 377 g/mol. The van der Waals surface area contributed by atoms with Crippen molar-refractivity contribution in [3.8, 4) is 0 Å². The molecule has 1 aliphatic heterocycles. The fourth-order valence-electron chi connectivity index (χ4n) is 2.99. The van der Waals surface area contributed by atoms with Gasteiger partial charge >= 0.3 is 5.97 Å². The summed E-state index contributed by atoms with van der Waals surface area (Å²) in [6.07, 6.45) is 1.97. The predicted molar refractivity (Wildman–Crippen MR) is 102 cm³/mol. The maximum Gasteiger partial charge on any atom is 0.341 e. The second-order valence-electron chi connectivity index (χ2n) is 8.00. The van der Waals surface area contributed by atoms with Crippen LogP contribution in [0.25, 0.3) is 0 Å². The smallest absolute Gasteiger partial charge is 0.341 e. The highest BCUT2D eigenvalue weighted by Crippen LogP contribution is 2.29. The third kappa shape index (κ3) is 5.94. The molecule has 1 aromatic rings. The molecule has 0 saturated carbocycles. The number of rotatable bonds is 5. The van der Waals surface area contributed by atoms with E-state index in [1.807, 2.05) is 25.7 Å². The Bertz CT molecular complexity index is 719. The number of carbonyl (C=O) groups is 2. The van der Waals surface area contributed by atoms with Crippen LogP contribution in [-0.2, 0) is 9.53 Å². The molecule has 0 radical (unpaired) electrons. The number of nitro benzene ring substituents is 1. The molecule has 1 aliphatic rings. The van der Waals surface area contributed by atoms with Gasteiger partial charge in [0, 0.05) is 30.8 Å². The molecule has 27 heavy (non-hydrogen) atoms. The number of esters is 1. The lowest BCUT2D eigenvalue weighted by Gasteiger charge is -2.33. The van der Waals surface area contributed by atoms with Crippen molar-refractivity contribution in [1.82, 2.24) is 5.32 Å². The van der Waals surface area contributed by atoms with Gasteiger partial charge in [0.1, 0.15) is 0 Å². The van der Waals surface area contributed by atoms with Gasteiger partial charge in [-0.05, 0) is 45.6 Å². The molecule has 0 bridgehead atoms. The summed E-state index contributed by atoms with van der Waals surface area (Å²) in [5.41, 5.74) is 0.0938. The van der Waals surface area contributed by atoms with Crippen molar-refractivity contribution < 1.29 is 19.2 Å². The van der Waals surface area contributed by atoms with E-state index < -0.39 is 28.9 Å². The minimum atomic E-state index is -0.739. The molecule has 0 aromatic heterocycles. The Morgan fingerprint density at radius 1 is 1.30 bits per heavy atom. The Morgan fingerprint density at radius 2 is 1.93 bits per heavy atom. The lowest BCUT2D eigenvalue weighted by molar-refractivity contribution is -0.384. The normalized spacial score (nSPS) is 15.3. The molecule has 1 amide bonds. The molecule has 1 N–H and O–H groups in total. The molecule has 8 nitrogen and oxygen atoms in total. The highest BCUT2D eigenvalue weighted by molar-refractivity contribution is 5.97. The molecule has 2 rings (SSSR count). The van der Waals surface area contributed by atoms with Gasteiger partial charge in [-0.15, -0.1) is 0 Å². The number of hydrogen-bond acceptors (Lipinski definition) is 6. The fourth-order valence-corrected chi connectivity index (χ4v) is 2.99. The van der Waals surface area contributed by atoms with Gasteiger partial charge in [-0.3, -0.25) is 14.9 Å².